The monoisotopic (exact) mass is 344 g/mol. The molecule has 1 amide bonds. The quantitative estimate of drug-likeness (QED) is 0.822. The third-order valence-corrected chi connectivity index (χ3v) is 4.72. The molecule has 3 rings (SSSR count). The van der Waals surface area contributed by atoms with Gasteiger partial charge in [0.05, 0.1) is 17.6 Å². The SMILES string of the molecule is C[C@H]1CN[C@@H](C(=O)N[C@@H](c2ccc(C(F)(F)F)cc2F)C2CC2)C1. The van der Waals surface area contributed by atoms with Crippen LogP contribution in [0, 0.1) is 17.7 Å². The molecule has 0 bridgehead atoms. The van der Waals surface area contributed by atoms with Crippen LogP contribution in [-0.4, -0.2) is 18.5 Å². The van der Waals surface area contributed by atoms with Gasteiger partial charge in [0.1, 0.15) is 5.82 Å². The largest absolute Gasteiger partial charge is 0.416 e. The van der Waals surface area contributed by atoms with Crippen LogP contribution in [0.5, 0.6) is 0 Å². The molecule has 1 aromatic carbocycles. The van der Waals surface area contributed by atoms with Crippen LogP contribution in [0.15, 0.2) is 18.2 Å². The highest BCUT2D eigenvalue weighted by Crippen LogP contribution is 2.42. The molecule has 0 aromatic heterocycles. The predicted octanol–water partition coefficient (Wildman–Crippen LogP) is 3.41. The molecular formula is C17H20F4N2O. The molecule has 0 spiro atoms. The van der Waals surface area contributed by atoms with Crippen LogP contribution in [0.25, 0.3) is 0 Å². The van der Waals surface area contributed by atoms with Crippen molar-refractivity contribution in [1.29, 1.82) is 0 Å². The maximum atomic E-state index is 14.2. The van der Waals surface area contributed by atoms with Gasteiger partial charge in [0.25, 0.3) is 0 Å². The smallest absolute Gasteiger partial charge is 0.348 e. The van der Waals surface area contributed by atoms with E-state index in [1.807, 2.05) is 6.92 Å². The summed E-state index contributed by atoms with van der Waals surface area (Å²) in [6.45, 7) is 2.79. The minimum atomic E-state index is -4.58. The van der Waals surface area contributed by atoms with Crippen LogP contribution in [0.3, 0.4) is 0 Å². The maximum Gasteiger partial charge on any atom is 0.416 e. The van der Waals surface area contributed by atoms with Crippen LogP contribution in [0.1, 0.15) is 43.4 Å². The van der Waals surface area contributed by atoms with E-state index in [2.05, 4.69) is 10.6 Å². The van der Waals surface area contributed by atoms with Gasteiger partial charge in [-0.3, -0.25) is 4.79 Å². The third kappa shape index (κ3) is 3.71. The zero-order valence-corrected chi connectivity index (χ0v) is 13.3. The molecule has 1 heterocycles. The standard InChI is InChI=1S/C17H20F4N2O/c1-9-6-14(22-8-9)16(24)23-15(10-2-3-10)12-5-4-11(7-13(12)18)17(19,20)21/h4-5,7,9-10,14-15,22H,2-3,6,8H2,1H3,(H,23,24)/t9-,14-,15-/m1/s1. The fraction of sp³-hybridized carbons (Fsp3) is 0.588. The summed E-state index contributed by atoms with van der Waals surface area (Å²) in [7, 11) is 0. The zero-order valence-electron chi connectivity index (χ0n) is 13.3. The second-order valence-corrected chi connectivity index (χ2v) is 6.86. The number of rotatable bonds is 4. The Kier molecular flexibility index (Phi) is 4.55. The molecule has 0 unspecified atom stereocenters. The summed E-state index contributed by atoms with van der Waals surface area (Å²) in [4.78, 5) is 12.4. The van der Waals surface area contributed by atoms with Crippen LogP contribution < -0.4 is 10.6 Å². The van der Waals surface area contributed by atoms with E-state index in [9.17, 15) is 22.4 Å². The zero-order chi connectivity index (χ0) is 17.5. The molecule has 3 nitrogen and oxygen atoms in total. The van der Waals surface area contributed by atoms with Gasteiger partial charge in [0, 0.05) is 5.56 Å². The number of halogens is 4. The minimum Gasteiger partial charge on any atom is -0.348 e. The van der Waals surface area contributed by atoms with E-state index in [0.717, 1.165) is 31.5 Å². The topological polar surface area (TPSA) is 41.1 Å². The first-order valence-electron chi connectivity index (χ1n) is 8.16. The number of carbonyl (C=O) groups excluding carboxylic acids is 1. The highest BCUT2D eigenvalue weighted by molar-refractivity contribution is 5.82. The maximum absolute atomic E-state index is 14.2. The Hall–Kier alpha value is -1.63. The first-order chi connectivity index (χ1) is 11.3. The number of alkyl halides is 3. The van der Waals surface area contributed by atoms with Gasteiger partial charge in [-0.2, -0.15) is 13.2 Å². The Bertz CT molecular complexity index is 628. The summed E-state index contributed by atoms with van der Waals surface area (Å²) in [5.74, 6) is -0.660. The normalized spacial score (nSPS) is 25.5. The molecule has 1 aliphatic heterocycles. The summed E-state index contributed by atoms with van der Waals surface area (Å²) in [5.41, 5.74) is -0.888. The molecule has 3 atom stereocenters. The predicted molar refractivity (Wildman–Crippen MR) is 80.6 cm³/mol. The average molecular weight is 344 g/mol. The van der Waals surface area contributed by atoms with Gasteiger partial charge in [-0.1, -0.05) is 13.0 Å². The molecular weight excluding hydrogens is 324 g/mol. The third-order valence-electron chi connectivity index (χ3n) is 4.72. The lowest BCUT2D eigenvalue weighted by atomic mass is 9.99. The number of hydrogen-bond donors (Lipinski definition) is 2. The first kappa shape index (κ1) is 17.2. The Balaban J connectivity index is 1.78. The van der Waals surface area contributed by atoms with Gasteiger partial charge in [-0.25, -0.2) is 4.39 Å². The Morgan fingerprint density at radius 3 is 2.54 bits per heavy atom. The number of hydrogen-bond acceptors (Lipinski definition) is 2. The molecule has 2 N–H and O–H groups in total. The van der Waals surface area contributed by atoms with E-state index in [1.165, 1.54) is 0 Å². The first-order valence-corrected chi connectivity index (χ1v) is 8.16. The number of amides is 1. The molecule has 1 saturated carbocycles. The summed E-state index contributed by atoms with van der Waals surface area (Å²) in [5, 5.41) is 5.95. The fourth-order valence-electron chi connectivity index (χ4n) is 3.20. The summed E-state index contributed by atoms with van der Waals surface area (Å²) in [6.07, 6.45) is -2.21. The Labute approximate surface area is 137 Å². The van der Waals surface area contributed by atoms with Crippen molar-refractivity contribution < 1.29 is 22.4 Å². The van der Waals surface area contributed by atoms with E-state index in [0.29, 0.717) is 18.4 Å². The van der Waals surface area contributed by atoms with E-state index in [4.69, 9.17) is 0 Å². The Morgan fingerprint density at radius 1 is 1.33 bits per heavy atom. The van der Waals surface area contributed by atoms with Gasteiger partial charge in [0.2, 0.25) is 5.91 Å². The van der Waals surface area contributed by atoms with Gasteiger partial charge in [-0.15, -0.1) is 0 Å². The number of benzene rings is 1. The molecule has 1 saturated heterocycles. The van der Waals surface area contributed by atoms with E-state index < -0.39 is 23.6 Å². The van der Waals surface area contributed by atoms with Crippen molar-refractivity contribution in [3.05, 3.63) is 35.1 Å². The van der Waals surface area contributed by atoms with Crippen LogP contribution in [0.2, 0.25) is 0 Å². The van der Waals surface area contributed by atoms with Crippen LogP contribution in [-0.2, 0) is 11.0 Å². The average Bonchev–Trinajstić information content (AvgIpc) is 3.25. The lowest BCUT2D eigenvalue weighted by molar-refractivity contribution is -0.137. The van der Waals surface area contributed by atoms with Crippen LogP contribution in [0.4, 0.5) is 17.6 Å². The molecule has 2 aliphatic rings. The van der Waals surface area contributed by atoms with Crippen LogP contribution >= 0.6 is 0 Å². The molecule has 132 valence electrons. The van der Waals surface area contributed by atoms with E-state index in [-0.39, 0.29) is 23.4 Å². The molecule has 2 fully saturated rings. The number of carbonyl (C=O) groups is 1. The van der Waals surface area contributed by atoms with Crippen molar-refractivity contribution in [3.63, 3.8) is 0 Å². The lowest BCUT2D eigenvalue weighted by Crippen LogP contribution is -2.42. The van der Waals surface area contributed by atoms with Crippen molar-refractivity contribution in [2.24, 2.45) is 11.8 Å². The molecule has 0 radical (unpaired) electrons. The van der Waals surface area contributed by atoms with Crippen molar-refractivity contribution in [1.82, 2.24) is 10.6 Å². The Morgan fingerprint density at radius 2 is 2.04 bits per heavy atom. The van der Waals surface area contributed by atoms with E-state index >= 15 is 0 Å². The van der Waals surface area contributed by atoms with E-state index in [1.54, 1.807) is 0 Å². The molecule has 7 heteroatoms. The van der Waals surface area contributed by atoms with Crippen molar-refractivity contribution in [3.8, 4) is 0 Å². The summed E-state index contributed by atoms with van der Waals surface area (Å²) >= 11 is 0. The van der Waals surface area contributed by atoms with Gasteiger partial charge >= 0.3 is 6.18 Å². The van der Waals surface area contributed by atoms with Crippen molar-refractivity contribution in [2.75, 3.05) is 6.54 Å². The van der Waals surface area contributed by atoms with Gasteiger partial charge in [-0.05, 0) is 49.8 Å². The lowest BCUT2D eigenvalue weighted by Gasteiger charge is -2.22. The van der Waals surface area contributed by atoms with Crippen molar-refractivity contribution >= 4 is 5.91 Å². The molecule has 24 heavy (non-hydrogen) atoms. The van der Waals surface area contributed by atoms with Gasteiger partial charge < -0.3 is 10.6 Å². The second-order valence-electron chi connectivity index (χ2n) is 6.86. The highest BCUT2D eigenvalue weighted by Gasteiger charge is 2.38. The minimum absolute atomic E-state index is 0.0824. The molecule has 1 aromatic rings. The second kappa shape index (κ2) is 6.35. The molecule has 1 aliphatic carbocycles. The summed E-state index contributed by atoms with van der Waals surface area (Å²) in [6, 6.07) is 1.63. The summed E-state index contributed by atoms with van der Waals surface area (Å²) < 4.78 is 52.3. The highest BCUT2D eigenvalue weighted by atomic mass is 19.4. The number of nitrogens with one attached hydrogen (secondary N) is 2. The van der Waals surface area contributed by atoms with Crippen molar-refractivity contribution in [2.45, 2.75) is 44.4 Å². The fourth-order valence-corrected chi connectivity index (χ4v) is 3.20. The van der Waals surface area contributed by atoms with Gasteiger partial charge in [0.15, 0.2) is 0 Å².